The third-order valence-corrected chi connectivity index (χ3v) is 4.07. The van der Waals surface area contributed by atoms with Gasteiger partial charge in [0.1, 0.15) is 11.5 Å². The van der Waals surface area contributed by atoms with Crippen LogP contribution in [0.5, 0.6) is 17.2 Å². The van der Waals surface area contributed by atoms with Gasteiger partial charge in [-0.25, -0.2) is 9.97 Å². The van der Waals surface area contributed by atoms with Crippen LogP contribution >= 0.6 is 0 Å². The molecule has 8 heteroatoms. The van der Waals surface area contributed by atoms with E-state index in [1.54, 1.807) is 19.6 Å². The third kappa shape index (κ3) is 3.26. The van der Waals surface area contributed by atoms with E-state index >= 15 is 0 Å². The molecule has 136 valence electrons. The van der Waals surface area contributed by atoms with E-state index in [1.165, 1.54) is 6.20 Å². The van der Waals surface area contributed by atoms with Crippen molar-refractivity contribution < 1.29 is 9.47 Å². The molecule has 0 atom stereocenters. The maximum Gasteiger partial charge on any atom is 0.222 e. The zero-order chi connectivity index (χ0) is 18.8. The van der Waals surface area contributed by atoms with Gasteiger partial charge in [-0.1, -0.05) is 13.8 Å². The van der Waals surface area contributed by atoms with Crippen molar-refractivity contribution in [2.75, 3.05) is 18.6 Å². The molecule has 8 nitrogen and oxygen atoms in total. The van der Waals surface area contributed by atoms with Crippen molar-refractivity contribution in [3.63, 3.8) is 0 Å². The Kier molecular flexibility index (Phi) is 4.66. The lowest BCUT2D eigenvalue weighted by atomic mass is 9.98. The maximum atomic E-state index is 6.04. The van der Waals surface area contributed by atoms with Crippen molar-refractivity contribution >= 4 is 11.8 Å². The number of rotatable bonds is 5. The first-order chi connectivity index (χ1) is 12.4. The average Bonchev–Trinajstić information content (AvgIpc) is 3.02. The fourth-order valence-electron chi connectivity index (χ4n) is 2.70. The minimum atomic E-state index is 0.101. The summed E-state index contributed by atoms with van der Waals surface area (Å²) >= 11 is 0. The zero-order valence-corrected chi connectivity index (χ0v) is 15.2. The van der Waals surface area contributed by atoms with Gasteiger partial charge in [-0.15, -0.1) is 0 Å². The van der Waals surface area contributed by atoms with Crippen LogP contribution in [0.2, 0.25) is 0 Å². The quantitative estimate of drug-likeness (QED) is 0.724. The topological polar surface area (TPSA) is 114 Å². The summed E-state index contributed by atoms with van der Waals surface area (Å²) in [6, 6.07) is 3.89. The van der Waals surface area contributed by atoms with Crippen LogP contribution in [0.25, 0.3) is 11.3 Å². The summed E-state index contributed by atoms with van der Waals surface area (Å²) in [7, 11) is 3.57. The van der Waals surface area contributed by atoms with Crippen molar-refractivity contribution in [3.8, 4) is 28.5 Å². The summed E-state index contributed by atoms with van der Waals surface area (Å²) < 4.78 is 13.6. The number of ether oxygens (including phenoxy) is 2. The summed E-state index contributed by atoms with van der Waals surface area (Å²) in [6.07, 6.45) is 4.98. The fourth-order valence-corrected chi connectivity index (χ4v) is 2.70. The number of nitrogen functional groups attached to an aromatic ring is 2. The van der Waals surface area contributed by atoms with E-state index in [1.807, 2.05) is 23.7 Å². The number of methoxy groups -OCH3 is 1. The molecule has 0 bridgehead atoms. The first kappa shape index (κ1) is 17.5. The molecule has 1 aromatic carbocycles. The van der Waals surface area contributed by atoms with Gasteiger partial charge < -0.3 is 25.5 Å². The van der Waals surface area contributed by atoms with Crippen LogP contribution in [0, 0.1) is 0 Å². The predicted octanol–water partition coefficient (Wildman–Crippen LogP) is 2.97. The highest BCUT2D eigenvalue weighted by atomic mass is 16.5. The minimum absolute atomic E-state index is 0.101. The van der Waals surface area contributed by atoms with Crippen molar-refractivity contribution in [2.45, 2.75) is 19.8 Å². The number of nitrogens with zero attached hydrogens (tertiary/aromatic N) is 4. The van der Waals surface area contributed by atoms with Gasteiger partial charge in [0.05, 0.1) is 31.5 Å². The van der Waals surface area contributed by atoms with Crippen molar-refractivity contribution in [3.05, 3.63) is 36.4 Å². The highest BCUT2D eigenvalue weighted by Gasteiger charge is 2.18. The minimum Gasteiger partial charge on any atom is -0.496 e. The summed E-state index contributed by atoms with van der Waals surface area (Å²) in [5, 5.41) is 0. The highest BCUT2D eigenvalue weighted by molar-refractivity contribution is 5.71. The smallest absolute Gasteiger partial charge is 0.222 e. The lowest BCUT2D eigenvalue weighted by Gasteiger charge is -2.18. The lowest BCUT2D eigenvalue weighted by molar-refractivity contribution is 0.412. The monoisotopic (exact) mass is 354 g/mol. The van der Waals surface area contributed by atoms with Crippen LogP contribution in [0.3, 0.4) is 0 Å². The second-order valence-corrected chi connectivity index (χ2v) is 6.21. The predicted molar refractivity (Wildman–Crippen MR) is 100 cm³/mol. The third-order valence-electron chi connectivity index (χ3n) is 4.07. The van der Waals surface area contributed by atoms with Crippen molar-refractivity contribution in [1.29, 1.82) is 0 Å². The second kappa shape index (κ2) is 6.91. The highest BCUT2D eigenvalue weighted by Crippen LogP contribution is 2.41. The van der Waals surface area contributed by atoms with Gasteiger partial charge in [0.25, 0.3) is 0 Å². The van der Waals surface area contributed by atoms with Crippen molar-refractivity contribution in [1.82, 2.24) is 19.5 Å². The molecule has 26 heavy (non-hydrogen) atoms. The Balaban J connectivity index is 2.14. The Morgan fingerprint density at radius 1 is 1.08 bits per heavy atom. The van der Waals surface area contributed by atoms with Crippen LogP contribution < -0.4 is 20.9 Å². The van der Waals surface area contributed by atoms with Gasteiger partial charge in [-0.3, -0.25) is 0 Å². The number of benzene rings is 1. The average molecular weight is 354 g/mol. The summed E-state index contributed by atoms with van der Waals surface area (Å²) in [5.74, 6) is 2.23. The standard InChI is InChI=1S/C18H22N6O2/c1-10(2)11-5-14(25-4)12(13-7-21-9-24(13)3)6-15(11)26-16-8-22-18(20)23-17(16)19/h5-10H,1-4H3,(H4,19,20,22,23). The molecule has 2 heterocycles. The number of aromatic nitrogens is 4. The van der Waals surface area contributed by atoms with E-state index in [-0.39, 0.29) is 17.7 Å². The number of imidazole rings is 1. The Hall–Kier alpha value is -3.29. The van der Waals surface area contributed by atoms with Gasteiger partial charge in [0.2, 0.25) is 5.95 Å². The Labute approximate surface area is 151 Å². The zero-order valence-electron chi connectivity index (χ0n) is 15.2. The Morgan fingerprint density at radius 3 is 2.42 bits per heavy atom. The molecule has 3 rings (SSSR count). The Bertz CT molecular complexity index is 935. The molecule has 0 unspecified atom stereocenters. The molecule has 0 saturated carbocycles. The van der Waals surface area contributed by atoms with Crippen molar-refractivity contribution in [2.24, 2.45) is 7.05 Å². The van der Waals surface area contributed by atoms with E-state index in [0.29, 0.717) is 11.5 Å². The molecule has 0 radical (unpaired) electrons. The van der Waals surface area contributed by atoms with Gasteiger partial charge in [-0.2, -0.15) is 4.98 Å². The second-order valence-electron chi connectivity index (χ2n) is 6.21. The van der Waals surface area contributed by atoms with Gasteiger partial charge in [0.15, 0.2) is 11.6 Å². The number of nitrogens with two attached hydrogens (primary N) is 2. The number of hydrogen-bond donors (Lipinski definition) is 2. The number of anilines is 2. The van der Waals surface area contributed by atoms with E-state index in [0.717, 1.165) is 22.6 Å². The molecule has 0 fully saturated rings. The molecular weight excluding hydrogens is 332 g/mol. The van der Waals surface area contributed by atoms with E-state index < -0.39 is 0 Å². The molecule has 0 spiro atoms. The van der Waals surface area contributed by atoms with Gasteiger partial charge in [0, 0.05) is 18.2 Å². The normalized spacial score (nSPS) is 11.0. The molecule has 2 aromatic heterocycles. The first-order valence-electron chi connectivity index (χ1n) is 8.15. The van der Waals surface area contributed by atoms with Gasteiger partial charge >= 0.3 is 0 Å². The molecule has 4 N–H and O–H groups in total. The SMILES string of the molecule is COc1cc(C(C)C)c(Oc2cnc(N)nc2N)cc1-c1cncn1C. The lowest BCUT2D eigenvalue weighted by Crippen LogP contribution is -2.03. The molecule has 3 aromatic rings. The maximum absolute atomic E-state index is 6.04. The fraction of sp³-hybridized carbons (Fsp3) is 0.278. The molecule has 0 aliphatic carbocycles. The number of hydrogen-bond acceptors (Lipinski definition) is 7. The van der Waals surface area contributed by atoms with Crippen LogP contribution in [0.15, 0.2) is 30.9 Å². The molecule has 0 aliphatic rings. The number of aryl methyl sites for hydroxylation is 1. The van der Waals surface area contributed by atoms with Gasteiger partial charge in [-0.05, 0) is 18.1 Å². The van der Waals surface area contributed by atoms with Crippen LogP contribution in [0.4, 0.5) is 11.8 Å². The van der Waals surface area contributed by atoms with E-state index in [4.69, 9.17) is 20.9 Å². The van der Waals surface area contributed by atoms with Crippen LogP contribution in [0.1, 0.15) is 25.3 Å². The summed E-state index contributed by atoms with van der Waals surface area (Å²) in [4.78, 5) is 12.1. The van der Waals surface area contributed by atoms with Crippen LogP contribution in [-0.4, -0.2) is 26.6 Å². The molecule has 0 aliphatic heterocycles. The largest absolute Gasteiger partial charge is 0.496 e. The summed E-state index contributed by atoms with van der Waals surface area (Å²) in [5.41, 5.74) is 14.2. The summed E-state index contributed by atoms with van der Waals surface area (Å²) in [6.45, 7) is 4.16. The Morgan fingerprint density at radius 2 is 1.85 bits per heavy atom. The molecule has 0 amide bonds. The molecule has 0 saturated heterocycles. The first-order valence-corrected chi connectivity index (χ1v) is 8.15. The molecular formula is C18H22N6O2. The van der Waals surface area contributed by atoms with E-state index in [9.17, 15) is 0 Å². The van der Waals surface area contributed by atoms with E-state index in [2.05, 4.69) is 28.8 Å². The van der Waals surface area contributed by atoms with Crippen LogP contribution in [-0.2, 0) is 7.05 Å².